The lowest BCUT2D eigenvalue weighted by molar-refractivity contribution is -0.119. The van der Waals surface area contributed by atoms with Crippen LogP contribution in [0.3, 0.4) is 0 Å². The van der Waals surface area contributed by atoms with Gasteiger partial charge in [-0.1, -0.05) is 0 Å². The Balaban J connectivity index is 1.51. The molecule has 1 spiro atoms. The second-order valence-electron chi connectivity index (χ2n) is 6.92. The van der Waals surface area contributed by atoms with E-state index >= 15 is 0 Å². The van der Waals surface area contributed by atoms with Gasteiger partial charge in [-0.15, -0.1) is 0 Å². The molecule has 2 fully saturated rings. The van der Waals surface area contributed by atoms with E-state index in [2.05, 4.69) is 10.2 Å². The van der Waals surface area contributed by atoms with Gasteiger partial charge in [-0.25, -0.2) is 4.79 Å². The average molecular weight is 321 g/mol. The molecular weight excluding hydrogens is 294 g/mol. The second-order valence-corrected chi connectivity index (χ2v) is 6.92. The topological polar surface area (TPSA) is 58.0 Å². The summed E-state index contributed by atoms with van der Waals surface area (Å²) in [6.45, 7) is 3.62. The zero-order valence-corrected chi connectivity index (χ0v) is 14.1. The number of piperidine rings is 1. The summed E-state index contributed by atoms with van der Waals surface area (Å²) in [5, 5.41) is 3.12. The van der Waals surface area contributed by atoms with Crippen molar-refractivity contribution in [2.75, 3.05) is 33.8 Å². The van der Waals surface area contributed by atoms with Crippen LogP contribution in [-0.4, -0.2) is 61.3 Å². The van der Waals surface area contributed by atoms with Crippen molar-refractivity contribution < 1.29 is 13.9 Å². The van der Waals surface area contributed by atoms with Gasteiger partial charge in [0, 0.05) is 39.8 Å². The number of furan rings is 1. The standard InChI is InChI=1S/C17H27N3O3/c1-19(2)16(21)18-14-5-11-23-17(12-14)6-8-20(9-7-17)13-15-4-3-10-22-15/h3-4,10,14H,5-9,11-13H2,1-2H3,(H,18,21). The average Bonchev–Trinajstić information content (AvgIpc) is 3.03. The number of amides is 2. The van der Waals surface area contributed by atoms with Crippen LogP contribution in [0.2, 0.25) is 0 Å². The summed E-state index contributed by atoms with van der Waals surface area (Å²) in [6, 6.07) is 4.16. The maximum Gasteiger partial charge on any atom is 0.317 e. The van der Waals surface area contributed by atoms with Crippen LogP contribution in [0.4, 0.5) is 4.79 Å². The lowest BCUT2D eigenvalue weighted by Crippen LogP contribution is -2.54. The van der Waals surface area contributed by atoms with Gasteiger partial charge >= 0.3 is 6.03 Å². The summed E-state index contributed by atoms with van der Waals surface area (Å²) in [5.41, 5.74) is -0.0673. The van der Waals surface area contributed by atoms with Crippen LogP contribution in [0.25, 0.3) is 0 Å². The number of carbonyl (C=O) groups is 1. The van der Waals surface area contributed by atoms with Gasteiger partial charge in [0.1, 0.15) is 5.76 Å². The number of rotatable bonds is 3. The van der Waals surface area contributed by atoms with Crippen molar-refractivity contribution in [3.05, 3.63) is 24.2 Å². The molecule has 3 rings (SSSR count). The summed E-state index contributed by atoms with van der Waals surface area (Å²) in [6.07, 6.45) is 5.58. The Labute approximate surface area is 137 Å². The summed E-state index contributed by atoms with van der Waals surface area (Å²) in [4.78, 5) is 15.9. The minimum absolute atomic E-state index is 0.0118. The van der Waals surface area contributed by atoms with E-state index in [9.17, 15) is 4.79 Å². The fourth-order valence-electron chi connectivity index (χ4n) is 3.54. The molecule has 2 amide bonds. The summed E-state index contributed by atoms with van der Waals surface area (Å²) >= 11 is 0. The maximum atomic E-state index is 11.9. The number of carbonyl (C=O) groups excluding carboxylic acids is 1. The van der Waals surface area contributed by atoms with Gasteiger partial charge in [-0.3, -0.25) is 4.90 Å². The highest BCUT2D eigenvalue weighted by Crippen LogP contribution is 2.35. The van der Waals surface area contributed by atoms with Crippen LogP contribution in [0.1, 0.15) is 31.4 Å². The Kier molecular flexibility index (Phi) is 4.92. The molecular formula is C17H27N3O3. The van der Waals surface area contributed by atoms with Crippen molar-refractivity contribution in [1.29, 1.82) is 0 Å². The molecule has 6 heteroatoms. The minimum atomic E-state index is -0.0673. The van der Waals surface area contributed by atoms with E-state index in [0.29, 0.717) is 0 Å². The second kappa shape index (κ2) is 6.93. The Bertz CT molecular complexity index is 507. The number of nitrogens with one attached hydrogen (secondary N) is 1. The van der Waals surface area contributed by atoms with Crippen LogP contribution in [-0.2, 0) is 11.3 Å². The number of hydrogen-bond acceptors (Lipinski definition) is 4. The van der Waals surface area contributed by atoms with E-state index in [1.165, 1.54) is 0 Å². The van der Waals surface area contributed by atoms with Crippen molar-refractivity contribution in [1.82, 2.24) is 15.1 Å². The molecule has 3 heterocycles. The van der Waals surface area contributed by atoms with E-state index in [0.717, 1.165) is 57.7 Å². The molecule has 128 valence electrons. The predicted molar refractivity (Wildman–Crippen MR) is 87.1 cm³/mol. The van der Waals surface area contributed by atoms with Crippen molar-refractivity contribution in [2.45, 2.75) is 43.9 Å². The van der Waals surface area contributed by atoms with Gasteiger partial charge in [-0.2, -0.15) is 0 Å². The molecule has 0 aliphatic carbocycles. The fraction of sp³-hybridized carbons (Fsp3) is 0.706. The molecule has 1 aromatic rings. The molecule has 2 aliphatic heterocycles. The SMILES string of the molecule is CN(C)C(=O)NC1CCOC2(CCN(Cc3ccco3)CC2)C1. The molecule has 1 atom stereocenters. The normalized spacial score (nSPS) is 24.5. The van der Waals surface area contributed by atoms with Gasteiger partial charge in [0.2, 0.25) is 0 Å². The molecule has 6 nitrogen and oxygen atoms in total. The zero-order valence-electron chi connectivity index (χ0n) is 14.1. The highest BCUT2D eigenvalue weighted by atomic mass is 16.5. The van der Waals surface area contributed by atoms with E-state index in [1.807, 2.05) is 12.1 Å². The van der Waals surface area contributed by atoms with E-state index in [1.54, 1.807) is 25.3 Å². The number of nitrogens with zero attached hydrogens (tertiary/aromatic N) is 2. The monoisotopic (exact) mass is 321 g/mol. The van der Waals surface area contributed by atoms with Crippen LogP contribution in [0.5, 0.6) is 0 Å². The van der Waals surface area contributed by atoms with Crippen molar-refractivity contribution in [2.24, 2.45) is 0 Å². The minimum Gasteiger partial charge on any atom is -0.468 e. The molecule has 1 aromatic heterocycles. The van der Waals surface area contributed by atoms with Gasteiger partial charge in [0.15, 0.2) is 0 Å². The van der Waals surface area contributed by atoms with Crippen molar-refractivity contribution in [3.63, 3.8) is 0 Å². The first kappa shape index (κ1) is 16.3. The Morgan fingerprint density at radius 2 is 2.22 bits per heavy atom. The first-order valence-corrected chi connectivity index (χ1v) is 8.43. The quantitative estimate of drug-likeness (QED) is 0.926. The van der Waals surface area contributed by atoms with Gasteiger partial charge < -0.3 is 19.4 Å². The molecule has 0 aromatic carbocycles. The van der Waals surface area contributed by atoms with E-state index < -0.39 is 0 Å². The van der Waals surface area contributed by atoms with Crippen LogP contribution < -0.4 is 5.32 Å². The highest BCUT2D eigenvalue weighted by Gasteiger charge is 2.40. The number of hydrogen-bond donors (Lipinski definition) is 1. The van der Waals surface area contributed by atoms with Crippen molar-refractivity contribution >= 4 is 6.03 Å². The predicted octanol–water partition coefficient (Wildman–Crippen LogP) is 2.06. The third-order valence-electron chi connectivity index (χ3n) is 4.95. The van der Waals surface area contributed by atoms with E-state index in [4.69, 9.17) is 9.15 Å². The van der Waals surface area contributed by atoms with Crippen molar-refractivity contribution in [3.8, 4) is 0 Å². The van der Waals surface area contributed by atoms with E-state index in [-0.39, 0.29) is 17.7 Å². The summed E-state index contributed by atoms with van der Waals surface area (Å²) in [5.74, 6) is 1.02. The van der Waals surface area contributed by atoms with Crippen LogP contribution in [0, 0.1) is 0 Å². The van der Waals surface area contributed by atoms with Gasteiger partial charge in [0.25, 0.3) is 0 Å². The Hall–Kier alpha value is -1.53. The third kappa shape index (κ3) is 4.06. The smallest absolute Gasteiger partial charge is 0.317 e. The number of ether oxygens (including phenoxy) is 1. The van der Waals surface area contributed by atoms with Crippen LogP contribution >= 0.6 is 0 Å². The number of likely N-dealkylation sites (tertiary alicyclic amines) is 1. The molecule has 23 heavy (non-hydrogen) atoms. The molecule has 0 bridgehead atoms. The largest absolute Gasteiger partial charge is 0.468 e. The lowest BCUT2D eigenvalue weighted by Gasteiger charge is -2.46. The van der Waals surface area contributed by atoms with Gasteiger partial charge in [-0.05, 0) is 37.8 Å². The number of urea groups is 1. The Morgan fingerprint density at radius 3 is 2.87 bits per heavy atom. The molecule has 0 radical (unpaired) electrons. The first-order chi connectivity index (χ1) is 11.1. The third-order valence-corrected chi connectivity index (χ3v) is 4.95. The van der Waals surface area contributed by atoms with Crippen LogP contribution in [0.15, 0.2) is 22.8 Å². The Morgan fingerprint density at radius 1 is 1.43 bits per heavy atom. The molecule has 2 aliphatic rings. The molecule has 0 saturated carbocycles. The molecule has 2 saturated heterocycles. The summed E-state index contributed by atoms with van der Waals surface area (Å²) < 4.78 is 11.6. The molecule has 1 N–H and O–H groups in total. The molecule has 1 unspecified atom stereocenters. The lowest BCUT2D eigenvalue weighted by atomic mass is 9.82. The maximum absolute atomic E-state index is 11.9. The highest BCUT2D eigenvalue weighted by molar-refractivity contribution is 5.73. The fourth-order valence-corrected chi connectivity index (χ4v) is 3.54. The van der Waals surface area contributed by atoms with Gasteiger partial charge in [0.05, 0.1) is 18.4 Å². The first-order valence-electron chi connectivity index (χ1n) is 8.43. The zero-order chi connectivity index (χ0) is 16.3. The summed E-state index contributed by atoms with van der Waals surface area (Å²) in [7, 11) is 3.55.